The highest BCUT2D eigenvalue weighted by molar-refractivity contribution is 9.10. The number of para-hydroxylation sites is 1. The zero-order valence-corrected chi connectivity index (χ0v) is 13.3. The van der Waals surface area contributed by atoms with Gasteiger partial charge in [0, 0.05) is 31.7 Å². The van der Waals surface area contributed by atoms with E-state index >= 15 is 0 Å². The van der Waals surface area contributed by atoms with Gasteiger partial charge in [-0.2, -0.15) is 0 Å². The van der Waals surface area contributed by atoms with Crippen LogP contribution in [0.15, 0.2) is 28.7 Å². The topological polar surface area (TPSA) is 58.6 Å². The number of carbonyl (C=O) groups excluding carboxylic acids is 2. The maximum absolute atomic E-state index is 11.8. The standard InChI is InChI=1S/C14H19BrN2O3/c1-11(18)17(13-7-4-3-6-12(13)15)10-14(19)16-8-5-9-20-2/h3-4,6-7H,5,8-10H2,1-2H3,(H,16,19). The van der Waals surface area contributed by atoms with Crippen LogP contribution in [0.5, 0.6) is 0 Å². The Bertz CT molecular complexity index is 465. The SMILES string of the molecule is COCCCNC(=O)CN(C(C)=O)c1ccccc1Br. The van der Waals surface area contributed by atoms with Gasteiger partial charge in [0.05, 0.1) is 5.69 Å². The van der Waals surface area contributed by atoms with E-state index in [-0.39, 0.29) is 18.4 Å². The first-order valence-electron chi connectivity index (χ1n) is 6.34. The van der Waals surface area contributed by atoms with Crippen LogP contribution in [0.4, 0.5) is 5.69 Å². The Hall–Kier alpha value is -1.40. The number of methoxy groups -OCH3 is 1. The number of hydrogen-bond acceptors (Lipinski definition) is 3. The molecule has 0 atom stereocenters. The van der Waals surface area contributed by atoms with E-state index in [9.17, 15) is 9.59 Å². The van der Waals surface area contributed by atoms with E-state index < -0.39 is 0 Å². The molecule has 0 heterocycles. The molecule has 6 heteroatoms. The highest BCUT2D eigenvalue weighted by atomic mass is 79.9. The van der Waals surface area contributed by atoms with Crippen LogP contribution in [-0.2, 0) is 14.3 Å². The monoisotopic (exact) mass is 342 g/mol. The van der Waals surface area contributed by atoms with Gasteiger partial charge in [-0.05, 0) is 34.5 Å². The van der Waals surface area contributed by atoms with Crippen molar-refractivity contribution in [2.45, 2.75) is 13.3 Å². The van der Waals surface area contributed by atoms with Gasteiger partial charge in [0.1, 0.15) is 6.54 Å². The van der Waals surface area contributed by atoms with E-state index in [0.29, 0.717) is 18.8 Å². The maximum atomic E-state index is 11.8. The lowest BCUT2D eigenvalue weighted by Gasteiger charge is -2.21. The van der Waals surface area contributed by atoms with E-state index in [4.69, 9.17) is 4.74 Å². The third-order valence-electron chi connectivity index (χ3n) is 2.67. The molecule has 0 radical (unpaired) electrons. The quantitative estimate of drug-likeness (QED) is 0.770. The summed E-state index contributed by atoms with van der Waals surface area (Å²) in [4.78, 5) is 25.0. The number of carbonyl (C=O) groups is 2. The summed E-state index contributed by atoms with van der Waals surface area (Å²) >= 11 is 3.39. The average Bonchev–Trinajstić information content (AvgIpc) is 2.42. The molecule has 0 aliphatic heterocycles. The highest BCUT2D eigenvalue weighted by Crippen LogP contribution is 2.25. The lowest BCUT2D eigenvalue weighted by Crippen LogP contribution is -2.40. The number of hydrogen-bond donors (Lipinski definition) is 1. The van der Waals surface area contributed by atoms with Crippen molar-refractivity contribution >= 4 is 33.4 Å². The molecule has 1 aromatic carbocycles. The number of nitrogens with one attached hydrogen (secondary N) is 1. The molecule has 0 saturated carbocycles. The molecule has 110 valence electrons. The van der Waals surface area contributed by atoms with Crippen molar-refractivity contribution in [3.8, 4) is 0 Å². The molecule has 1 N–H and O–H groups in total. The van der Waals surface area contributed by atoms with Crippen LogP contribution in [0.1, 0.15) is 13.3 Å². The molecule has 0 fully saturated rings. The van der Waals surface area contributed by atoms with Crippen molar-refractivity contribution in [3.63, 3.8) is 0 Å². The number of ether oxygens (including phenoxy) is 1. The third kappa shape index (κ3) is 5.30. The molecule has 1 aromatic rings. The maximum Gasteiger partial charge on any atom is 0.240 e. The summed E-state index contributed by atoms with van der Waals surface area (Å²) in [5, 5.41) is 2.76. The number of amides is 2. The molecular weight excluding hydrogens is 324 g/mol. The Morgan fingerprint density at radius 1 is 1.35 bits per heavy atom. The molecule has 0 saturated heterocycles. The van der Waals surface area contributed by atoms with Crippen molar-refractivity contribution in [2.75, 3.05) is 31.7 Å². The predicted octanol–water partition coefficient (Wildman–Crippen LogP) is 1.95. The van der Waals surface area contributed by atoms with Crippen LogP contribution in [0, 0.1) is 0 Å². The van der Waals surface area contributed by atoms with Crippen LogP contribution >= 0.6 is 15.9 Å². The van der Waals surface area contributed by atoms with Crippen LogP contribution in [-0.4, -0.2) is 38.6 Å². The fourth-order valence-electron chi connectivity index (χ4n) is 1.68. The van der Waals surface area contributed by atoms with E-state index in [1.54, 1.807) is 13.2 Å². The Morgan fingerprint density at radius 2 is 2.05 bits per heavy atom. The van der Waals surface area contributed by atoms with E-state index in [2.05, 4.69) is 21.2 Å². The second kappa shape index (κ2) is 8.71. The van der Waals surface area contributed by atoms with Gasteiger partial charge in [-0.15, -0.1) is 0 Å². The predicted molar refractivity (Wildman–Crippen MR) is 81.7 cm³/mol. The van der Waals surface area contributed by atoms with E-state index in [1.807, 2.05) is 18.2 Å². The number of rotatable bonds is 7. The van der Waals surface area contributed by atoms with Crippen molar-refractivity contribution in [2.24, 2.45) is 0 Å². The average molecular weight is 343 g/mol. The molecule has 0 aliphatic carbocycles. The molecule has 0 bridgehead atoms. The van der Waals surface area contributed by atoms with Gasteiger partial charge in [0.2, 0.25) is 11.8 Å². The number of anilines is 1. The molecule has 0 aliphatic rings. The molecule has 5 nitrogen and oxygen atoms in total. The highest BCUT2D eigenvalue weighted by Gasteiger charge is 2.17. The minimum absolute atomic E-state index is 0.00489. The van der Waals surface area contributed by atoms with Crippen LogP contribution in [0.2, 0.25) is 0 Å². The zero-order chi connectivity index (χ0) is 15.0. The summed E-state index contributed by atoms with van der Waals surface area (Å²) < 4.78 is 5.69. The Labute approximate surface area is 127 Å². The van der Waals surface area contributed by atoms with Crippen LogP contribution in [0.25, 0.3) is 0 Å². The zero-order valence-electron chi connectivity index (χ0n) is 11.7. The molecule has 2 amide bonds. The lowest BCUT2D eigenvalue weighted by molar-refractivity contribution is -0.123. The van der Waals surface area contributed by atoms with Gasteiger partial charge in [0.15, 0.2) is 0 Å². The first-order chi connectivity index (χ1) is 9.56. The Morgan fingerprint density at radius 3 is 2.65 bits per heavy atom. The van der Waals surface area contributed by atoms with Crippen molar-refractivity contribution in [3.05, 3.63) is 28.7 Å². The van der Waals surface area contributed by atoms with Gasteiger partial charge in [-0.25, -0.2) is 0 Å². The normalized spacial score (nSPS) is 10.2. The molecule has 1 rings (SSSR count). The minimum Gasteiger partial charge on any atom is -0.385 e. The summed E-state index contributed by atoms with van der Waals surface area (Å²) in [5.74, 6) is -0.365. The summed E-state index contributed by atoms with van der Waals surface area (Å²) in [6, 6.07) is 7.31. The smallest absolute Gasteiger partial charge is 0.240 e. The summed E-state index contributed by atoms with van der Waals surface area (Å²) in [6.45, 7) is 2.58. The molecular formula is C14H19BrN2O3. The van der Waals surface area contributed by atoms with E-state index in [0.717, 1.165) is 10.9 Å². The minimum atomic E-state index is -0.188. The second-order valence-electron chi connectivity index (χ2n) is 4.25. The first-order valence-corrected chi connectivity index (χ1v) is 7.14. The number of benzene rings is 1. The van der Waals surface area contributed by atoms with Crippen molar-refractivity contribution in [1.29, 1.82) is 0 Å². The number of halogens is 1. The molecule has 20 heavy (non-hydrogen) atoms. The molecule has 0 unspecified atom stereocenters. The summed E-state index contributed by atoms with van der Waals surface area (Å²) in [7, 11) is 1.62. The second-order valence-corrected chi connectivity index (χ2v) is 5.11. The Kier molecular flexibility index (Phi) is 7.25. The first kappa shape index (κ1) is 16.7. The fourth-order valence-corrected chi connectivity index (χ4v) is 2.18. The van der Waals surface area contributed by atoms with Crippen LogP contribution in [0.3, 0.4) is 0 Å². The lowest BCUT2D eigenvalue weighted by atomic mass is 10.2. The van der Waals surface area contributed by atoms with E-state index in [1.165, 1.54) is 11.8 Å². The Balaban J connectivity index is 2.62. The van der Waals surface area contributed by atoms with Crippen LogP contribution < -0.4 is 10.2 Å². The number of nitrogens with zero attached hydrogens (tertiary/aromatic N) is 1. The van der Waals surface area contributed by atoms with Gasteiger partial charge in [-0.3, -0.25) is 9.59 Å². The largest absolute Gasteiger partial charge is 0.385 e. The summed E-state index contributed by atoms with van der Waals surface area (Å²) in [5.41, 5.74) is 0.687. The molecule has 0 aromatic heterocycles. The third-order valence-corrected chi connectivity index (χ3v) is 3.34. The van der Waals surface area contributed by atoms with Gasteiger partial charge in [-0.1, -0.05) is 12.1 Å². The molecule has 0 spiro atoms. The van der Waals surface area contributed by atoms with Gasteiger partial charge < -0.3 is 15.0 Å². The van der Waals surface area contributed by atoms with Gasteiger partial charge in [0.25, 0.3) is 0 Å². The fraction of sp³-hybridized carbons (Fsp3) is 0.429. The van der Waals surface area contributed by atoms with Crippen molar-refractivity contribution < 1.29 is 14.3 Å². The van der Waals surface area contributed by atoms with Crippen molar-refractivity contribution in [1.82, 2.24) is 5.32 Å². The van der Waals surface area contributed by atoms with Gasteiger partial charge >= 0.3 is 0 Å². The summed E-state index contributed by atoms with van der Waals surface area (Å²) in [6.07, 6.45) is 0.747.